The Morgan fingerprint density at radius 3 is 3.28 bits per heavy atom. The lowest BCUT2D eigenvalue weighted by molar-refractivity contribution is 0.0563. The maximum atomic E-state index is 12.4. The van der Waals surface area contributed by atoms with Gasteiger partial charge in [0, 0.05) is 25.9 Å². The highest BCUT2D eigenvalue weighted by Crippen LogP contribution is 2.15. The van der Waals surface area contributed by atoms with Gasteiger partial charge in [-0.3, -0.25) is 4.79 Å². The molecule has 0 spiro atoms. The van der Waals surface area contributed by atoms with E-state index in [1.165, 1.54) is 0 Å². The zero-order valence-corrected chi connectivity index (χ0v) is 10.4. The number of amides is 1. The second-order valence-electron chi connectivity index (χ2n) is 4.33. The van der Waals surface area contributed by atoms with Gasteiger partial charge in [-0.1, -0.05) is 0 Å². The molecule has 2 heterocycles. The Kier molecular flexibility index (Phi) is 4.11. The summed E-state index contributed by atoms with van der Waals surface area (Å²) in [5, 5.41) is 0. The van der Waals surface area contributed by atoms with Gasteiger partial charge in [-0.25, -0.2) is 10.8 Å². The number of nitrogens with zero attached hydrogens (tertiary/aromatic N) is 2. The normalized spacial score (nSPS) is 20.3. The van der Waals surface area contributed by atoms with Crippen LogP contribution in [0, 0.1) is 0 Å². The first-order valence-electron chi connectivity index (χ1n) is 6.05. The number of nitrogens with one attached hydrogen (secondary N) is 1. The molecule has 2 rings (SSSR count). The lowest BCUT2D eigenvalue weighted by atomic mass is 10.2. The molecule has 1 aliphatic rings. The number of hydrazine groups is 1. The number of carbonyl (C=O) groups excluding carboxylic acids is 1. The average molecular weight is 250 g/mol. The molecule has 18 heavy (non-hydrogen) atoms. The van der Waals surface area contributed by atoms with Gasteiger partial charge < -0.3 is 15.1 Å². The molecule has 6 heteroatoms. The molecule has 0 bridgehead atoms. The molecular formula is C12H18N4O2. The van der Waals surface area contributed by atoms with E-state index >= 15 is 0 Å². The number of carbonyl (C=O) groups is 1. The summed E-state index contributed by atoms with van der Waals surface area (Å²) in [5.41, 5.74) is 2.95. The van der Waals surface area contributed by atoms with Crippen molar-refractivity contribution in [3.05, 3.63) is 23.9 Å². The Morgan fingerprint density at radius 2 is 2.50 bits per heavy atom. The van der Waals surface area contributed by atoms with E-state index in [-0.39, 0.29) is 12.0 Å². The fourth-order valence-electron chi connectivity index (χ4n) is 2.04. The first-order valence-corrected chi connectivity index (χ1v) is 6.05. The molecular weight excluding hydrogens is 232 g/mol. The van der Waals surface area contributed by atoms with Crippen molar-refractivity contribution in [1.82, 2.24) is 9.88 Å². The molecule has 6 nitrogen and oxygen atoms in total. The first kappa shape index (κ1) is 12.8. The van der Waals surface area contributed by atoms with Crippen molar-refractivity contribution in [2.24, 2.45) is 5.84 Å². The lowest BCUT2D eigenvalue weighted by Gasteiger charge is -2.22. The first-order chi connectivity index (χ1) is 8.72. The van der Waals surface area contributed by atoms with Crippen LogP contribution in [0.4, 0.5) is 5.82 Å². The van der Waals surface area contributed by atoms with Gasteiger partial charge in [0.1, 0.15) is 0 Å². The molecule has 1 aromatic heterocycles. The molecule has 0 saturated carbocycles. The SMILES string of the molecule is CC1CN(C(=O)c2cccnc2NN)CCCO1. The maximum absolute atomic E-state index is 12.4. The molecule has 1 aliphatic heterocycles. The van der Waals surface area contributed by atoms with Crippen LogP contribution in [-0.2, 0) is 4.74 Å². The number of nitrogen functional groups attached to an aromatic ring is 1. The lowest BCUT2D eigenvalue weighted by Crippen LogP contribution is -2.36. The molecule has 0 aliphatic carbocycles. The highest BCUT2D eigenvalue weighted by molar-refractivity contribution is 5.98. The quantitative estimate of drug-likeness (QED) is 0.594. The van der Waals surface area contributed by atoms with Gasteiger partial charge in [-0.05, 0) is 25.5 Å². The van der Waals surface area contributed by atoms with Crippen LogP contribution in [0.5, 0.6) is 0 Å². The molecule has 1 unspecified atom stereocenters. The van der Waals surface area contributed by atoms with Crippen LogP contribution >= 0.6 is 0 Å². The summed E-state index contributed by atoms with van der Waals surface area (Å²) in [5.74, 6) is 5.71. The van der Waals surface area contributed by atoms with E-state index in [9.17, 15) is 4.79 Å². The summed E-state index contributed by atoms with van der Waals surface area (Å²) in [6.07, 6.45) is 2.50. The van der Waals surface area contributed by atoms with Crippen LogP contribution in [0.3, 0.4) is 0 Å². The molecule has 1 atom stereocenters. The molecule has 0 radical (unpaired) electrons. The fourth-order valence-corrected chi connectivity index (χ4v) is 2.04. The van der Waals surface area contributed by atoms with E-state index in [0.717, 1.165) is 6.42 Å². The van der Waals surface area contributed by atoms with Crippen LogP contribution < -0.4 is 11.3 Å². The monoisotopic (exact) mass is 250 g/mol. The molecule has 1 aromatic rings. The van der Waals surface area contributed by atoms with Gasteiger partial charge in [0.15, 0.2) is 5.82 Å². The zero-order chi connectivity index (χ0) is 13.0. The Hall–Kier alpha value is -1.66. The van der Waals surface area contributed by atoms with Crippen molar-refractivity contribution in [1.29, 1.82) is 0 Å². The van der Waals surface area contributed by atoms with Crippen molar-refractivity contribution < 1.29 is 9.53 Å². The van der Waals surface area contributed by atoms with E-state index < -0.39 is 0 Å². The van der Waals surface area contributed by atoms with Gasteiger partial charge in [0.25, 0.3) is 5.91 Å². The third-order valence-electron chi connectivity index (χ3n) is 2.91. The summed E-state index contributed by atoms with van der Waals surface area (Å²) < 4.78 is 5.53. The van der Waals surface area contributed by atoms with E-state index in [2.05, 4.69) is 10.4 Å². The molecule has 1 saturated heterocycles. The minimum absolute atomic E-state index is 0.0578. The van der Waals surface area contributed by atoms with Crippen LogP contribution in [-0.4, -0.2) is 41.6 Å². The summed E-state index contributed by atoms with van der Waals surface area (Å²) in [4.78, 5) is 18.2. The second kappa shape index (κ2) is 5.79. The highest BCUT2D eigenvalue weighted by atomic mass is 16.5. The molecule has 1 amide bonds. The van der Waals surface area contributed by atoms with Crippen LogP contribution in [0.25, 0.3) is 0 Å². The summed E-state index contributed by atoms with van der Waals surface area (Å²) >= 11 is 0. The predicted octanol–water partition coefficient (Wildman–Crippen LogP) is 0.618. The Morgan fingerprint density at radius 1 is 1.67 bits per heavy atom. The van der Waals surface area contributed by atoms with Crippen molar-refractivity contribution in [3.63, 3.8) is 0 Å². The summed E-state index contributed by atoms with van der Waals surface area (Å²) in [6.45, 7) is 3.96. The van der Waals surface area contributed by atoms with Crippen molar-refractivity contribution >= 4 is 11.7 Å². The van der Waals surface area contributed by atoms with Crippen molar-refractivity contribution in [3.8, 4) is 0 Å². The number of rotatable bonds is 2. The van der Waals surface area contributed by atoms with Gasteiger partial charge in [0.05, 0.1) is 11.7 Å². The minimum Gasteiger partial charge on any atom is -0.377 e. The number of hydrogen-bond donors (Lipinski definition) is 2. The standard InChI is InChI=1S/C12H18N4O2/c1-9-8-16(6-3-7-18-9)12(17)10-4-2-5-14-11(10)15-13/h2,4-5,9H,3,6-8,13H2,1H3,(H,14,15). The van der Waals surface area contributed by atoms with E-state index in [1.807, 2.05) is 6.92 Å². The number of anilines is 1. The zero-order valence-electron chi connectivity index (χ0n) is 10.4. The molecule has 0 aromatic carbocycles. The van der Waals surface area contributed by atoms with Crippen molar-refractivity contribution in [2.75, 3.05) is 25.1 Å². The molecule has 98 valence electrons. The van der Waals surface area contributed by atoms with E-state index in [0.29, 0.717) is 31.1 Å². The number of aromatic nitrogens is 1. The van der Waals surface area contributed by atoms with Crippen LogP contribution in [0.15, 0.2) is 18.3 Å². The number of nitrogens with two attached hydrogens (primary N) is 1. The van der Waals surface area contributed by atoms with Gasteiger partial charge in [-0.2, -0.15) is 0 Å². The number of hydrogen-bond acceptors (Lipinski definition) is 5. The topological polar surface area (TPSA) is 80.5 Å². The largest absolute Gasteiger partial charge is 0.377 e. The number of ether oxygens (including phenoxy) is 1. The fraction of sp³-hybridized carbons (Fsp3) is 0.500. The summed E-state index contributed by atoms with van der Waals surface area (Å²) in [6, 6.07) is 3.45. The third-order valence-corrected chi connectivity index (χ3v) is 2.91. The molecule has 3 N–H and O–H groups in total. The number of pyridine rings is 1. The Labute approximate surface area is 106 Å². The highest BCUT2D eigenvalue weighted by Gasteiger charge is 2.23. The minimum atomic E-state index is -0.0617. The van der Waals surface area contributed by atoms with Crippen LogP contribution in [0.2, 0.25) is 0 Å². The van der Waals surface area contributed by atoms with Gasteiger partial charge in [-0.15, -0.1) is 0 Å². The van der Waals surface area contributed by atoms with Gasteiger partial charge >= 0.3 is 0 Å². The van der Waals surface area contributed by atoms with E-state index in [1.54, 1.807) is 23.2 Å². The Balaban J connectivity index is 2.19. The second-order valence-corrected chi connectivity index (χ2v) is 4.33. The smallest absolute Gasteiger partial charge is 0.257 e. The van der Waals surface area contributed by atoms with Crippen molar-refractivity contribution in [2.45, 2.75) is 19.4 Å². The Bertz CT molecular complexity index is 424. The average Bonchev–Trinajstić information content (AvgIpc) is 2.62. The maximum Gasteiger partial charge on any atom is 0.257 e. The third kappa shape index (κ3) is 2.77. The van der Waals surface area contributed by atoms with E-state index in [4.69, 9.17) is 10.6 Å². The molecule has 1 fully saturated rings. The summed E-state index contributed by atoms with van der Waals surface area (Å²) in [7, 11) is 0. The van der Waals surface area contributed by atoms with Crippen LogP contribution in [0.1, 0.15) is 23.7 Å². The van der Waals surface area contributed by atoms with Gasteiger partial charge in [0.2, 0.25) is 0 Å². The predicted molar refractivity (Wildman–Crippen MR) is 68.0 cm³/mol.